The maximum absolute atomic E-state index is 6.27. The molecule has 1 N–H and O–H groups in total. The second-order valence-electron chi connectivity index (χ2n) is 5.01. The summed E-state index contributed by atoms with van der Waals surface area (Å²) in [7, 11) is 5.19. The molecule has 0 saturated carbocycles. The number of allylic oxidation sites excluding steroid dienone is 1. The topological polar surface area (TPSA) is 30.5 Å². The van der Waals surface area contributed by atoms with Crippen molar-refractivity contribution in [1.82, 2.24) is 5.32 Å². The van der Waals surface area contributed by atoms with Crippen LogP contribution >= 0.6 is 11.6 Å². The number of unbranched alkanes of at least 4 members (excludes halogenated alkanes) is 3. The van der Waals surface area contributed by atoms with Crippen molar-refractivity contribution in [2.24, 2.45) is 0 Å². The van der Waals surface area contributed by atoms with Crippen LogP contribution in [0.3, 0.4) is 0 Å². The highest BCUT2D eigenvalue weighted by atomic mass is 35.5. The Morgan fingerprint density at radius 2 is 2.00 bits per heavy atom. The summed E-state index contributed by atoms with van der Waals surface area (Å²) in [6.07, 6.45) is 7.72. The van der Waals surface area contributed by atoms with Crippen LogP contribution in [0, 0.1) is 0 Å². The molecule has 0 aliphatic heterocycles. The number of methoxy groups -OCH3 is 2. The zero-order valence-electron chi connectivity index (χ0n) is 13.2. The molecule has 1 atom stereocenters. The number of ether oxygens (including phenoxy) is 2. The fourth-order valence-corrected chi connectivity index (χ4v) is 2.73. The van der Waals surface area contributed by atoms with Gasteiger partial charge < -0.3 is 14.8 Å². The molecule has 1 rings (SSSR count). The molecule has 0 bridgehead atoms. The van der Waals surface area contributed by atoms with Crippen LogP contribution in [-0.4, -0.2) is 21.3 Å². The van der Waals surface area contributed by atoms with Crippen LogP contribution in [0.1, 0.15) is 43.7 Å². The summed E-state index contributed by atoms with van der Waals surface area (Å²) in [6.45, 7) is 3.75. The summed E-state index contributed by atoms with van der Waals surface area (Å²) >= 11 is 6.27. The predicted octanol–water partition coefficient (Wildman–Crippen LogP) is 4.75. The van der Waals surface area contributed by atoms with E-state index in [0.717, 1.165) is 18.4 Å². The molecule has 0 fully saturated rings. The number of halogens is 1. The van der Waals surface area contributed by atoms with Crippen molar-refractivity contribution in [3.63, 3.8) is 0 Å². The molecule has 3 nitrogen and oxygen atoms in total. The van der Waals surface area contributed by atoms with Crippen molar-refractivity contribution in [1.29, 1.82) is 0 Å². The van der Waals surface area contributed by atoms with Crippen LogP contribution < -0.4 is 14.8 Å². The van der Waals surface area contributed by atoms with Gasteiger partial charge in [0, 0.05) is 6.04 Å². The first-order valence-electron chi connectivity index (χ1n) is 7.37. The van der Waals surface area contributed by atoms with Crippen LogP contribution in [0.25, 0.3) is 0 Å². The van der Waals surface area contributed by atoms with Gasteiger partial charge in [-0.2, -0.15) is 0 Å². The fourth-order valence-electron chi connectivity index (χ4n) is 2.43. The number of hydrogen-bond acceptors (Lipinski definition) is 3. The molecule has 1 unspecified atom stereocenters. The summed E-state index contributed by atoms with van der Waals surface area (Å²) in [5.41, 5.74) is 1.13. The third kappa shape index (κ3) is 5.25. The van der Waals surface area contributed by atoms with E-state index in [1.165, 1.54) is 19.3 Å². The molecule has 0 radical (unpaired) electrons. The van der Waals surface area contributed by atoms with Crippen molar-refractivity contribution in [2.75, 3.05) is 21.3 Å². The third-order valence-electron chi connectivity index (χ3n) is 3.61. The standard InChI is InChI=1S/C17H26ClNO2/c1-5-6-7-8-9-10-15(19-2)13-11-14(18)17(21-4)16(12-13)20-3/h5,11-12,15,19H,1,6-10H2,2-4H3. The maximum atomic E-state index is 6.27. The van der Waals surface area contributed by atoms with E-state index in [0.29, 0.717) is 16.5 Å². The Balaban J connectivity index is 2.76. The Bertz CT molecular complexity index is 449. The monoisotopic (exact) mass is 311 g/mol. The molecule has 0 heterocycles. The second kappa shape index (κ2) is 9.69. The van der Waals surface area contributed by atoms with Gasteiger partial charge in [0.1, 0.15) is 0 Å². The molecular formula is C17H26ClNO2. The van der Waals surface area contributed by atoms with E-state index in [4.69, 9.17) is 21.1 Å². The Morgan fingerprint density at radius 3 is 2.57 bits per heavy atom. The molecule has 21 heavy (non-hydrogen) atoms. The Hall–Kier alpha value is -1.19. The van der Waals surface area contributed by atoms with Crippen LogP contribution in [0.2, 0.25) is 5.02 Å². The van der Waals surface area contributed by atoms with Gasteiger partial charge in [-0.15, -0.1) is 6.58 Å². The van der Waals surface area contributed by atoms with Gasteiger partial charge in [-0.05, 0) is 44.0 Å². The molecule has 4 heteroatoms. The lowest BCUT2D eigenvalue weighted by Gasteiger charge is -2.19. The number of rotatable bonds is 10. The molecule has 0 amide bonds. The average Bonchev–Trinajstić information content (AvgIpc) is 2.50. The summed E-state index contributed by atoms with van der Waals surface area (Å²) in [4.78, 5) is 0. The molecule has 1 aromatic carbocycles. The van der Waals surface area contributed by atoms with Gasteiger partial charge in [0.05, 0.1) is 19.2 Å². The van der Waals surface area contributed by atoms with Crippen LogP contribution in [0.5, 0.6) is 11.5 Å². The SMILES string of the molecule is C=CCCCCCC(NC)c1cc(Cl)c(OC)c(OC)c1. The summed E-state index contributed by atoms with van der Waals surface area (Å²) < 4.78 is 10.6. The number of hydrogen-bond donors (Lipinski definition) is 1. The Morgan fingerprint density at radius 1 is 1.24 bits per heavy atom. The maximum Gasteiger partial charge on any atom is 0.179 e. The van der Waals surface area contributed by atoms with Crippen LogP contribution in [0.15, 0.2) is 24.8 Å². The lowest BCUT2D eigenvalue weighted by atomic mass is 9.99. The van der Waals surface area contributed by atoms with Crippen LogP contribution in [0.4, 0.5) is 0 Å². The minimum absolute atomic E-state index is 0.269. The largest absolute Gasteiger partial charge is 0.493 e. The van der Waals surface area contributed by atoms with Gasteiger partial charge in [-0.1, -0.05) is 30.5 Å². The first-order valence-corrected chi connectivity index (χ1v) is 7.75. The first-order chi connectivity index (χ1) is 10.2. The molecule has 1 aromatic rings. The smallest absolute Gasteiger partial charge is 0.179 e. The van der Waals surface area contributed by atoms with Gasteiger partial charge in [0.2, 0.25) is 0 Å². The fraction of sp³-hybridized carbons (Fsp3) is 0.529. The minimum atomic E-state index is 0.269. The second-order valence-corrected chi connectivity index (χ2v) is 5.41. The molecule has 0 aromatic heterocycles. The summed E-state index contributed by atoms with van der Waals surface area (Å²) in [5, 5.41) is 3.93. The van der Waals surface area contributed by atoms with E-state index in [1.54, 1.807) is 14.2 Å². The van der Waals surface area contributed by atoms with E-state index in [1.807, 2.05) is 25.3 Å². The minimum Gasteiger partial charge on any atom is -0.493 e. The van der Waals surface area contributed by atoms with Gasteiger partial charge in [0.15, 0.2) is 11.5 Å². The zero-order valence-corrected chi connectivity index (χ0v) is 14.0. The van der Waals surface area contributed by atoms with E-state index >= 15 is 0 Å². The van der Waals surface area contributed by atoms with Gasteiger partial charge in [-0.3, -0.25) is 0 Å². The summed E-state index contributed by atoms with van der Waals surface area (Å²) in [5.74, 6) is 1.26. The van der Waals surface area contributed by atoms with Crippen molar-refractivity contribution in [3.05, 3.63) is 35.4 Å². The van der Waals surface area contributed by atoms with Crippen LogP contribution in [-0.2, 0) is 0 Å². The van der Waals surface area contributed by atoms with Gasteiger partial charge in [0.25, 0.3) is 0 Å². The lowest BCUT2D eigenvalue weighted by molar-refractivity contribution is 0.354. The summed E-state index contributed by atoms with van der Waals surface area (Å²) in [6, 6.07) is 4.22. The lowest BCUT2D eigenvalue weighted by Crippen LogP contribution is -2.16. The van der Waals surface area contributed by atoms with E-state index in [2.05, 4.69) is 11.9 Å². The average molecular weight is 312 g/mol. The van der Waals surface area contributed by atoms with E-state index in [9.17, 15) is 0 Å². The van der Waals surface area contributed by atoms with Gasteiger partial charge in [-0.25, -0.2) is 0 Å². The molecular weight excluding hydrogens is 286 g/mol. The molecule has 0 aliphatic carbocycles. The highest BCUT2D eigenvalue weighted by molar-refractivity contribution is 6.32. The Labute approximate surface area is 133 Å². The van der Waals surface area contributed by atoms with E-state index < -0.39 is 0 Å². The quantitative estimate of drug-likeness (QED) is 0.499. The highest BCUT2D eigenvalue weighted by Crippen LogP contribution is 2.38. The zero-order chi connectivity index (χ0) is 15.7. The Kier molecular flexibility index (Phi) is 8.24. The normalized spacial score (nSPS) is 12.0. The predicted molar refractivity (Wildman–Crippen MR) is 89.6 cm³/mol. The van der Waals surface area contributed by atoms with Crippen molar-refractivity contribution >= 4 is 11.6 Å². The van der Waals surface area contributed by atoms with Crippen molar-refractivity contribution in [2.45, 2.75) is 38.1 Å². The molecule has 0 saturated heterocycles. The van der Waals surface area contributed by atoms with Gasteiger partial charge >= 0.3 is 0 Å². The van der Waals surface area contributed by atoms with Crippen molar-refractivity contribution in [3.8, 4) is 11.5 Å². The molecule has 118 valence electrons. The third-order valence-corrected chi connectivity index (χ3v) is 3.89. The number of nitrogens with one attached hydrogen (secondary N) is 1. The van der Waals surface area contributed by atoms with E-state index in [-0.39, 0.29) is 6.04 Å². The molecule has 0 aliphatic rings. The molecule has 0 spiro atoms. The number of benzene rings is 1. The first kappa shape index (κ1) is 17.9. The highest BCUT2D eigenvalue weighted by Gasteiger charge is 2.16. The van der Waals surface area contributed by atoms with Crippen molar-refractivity contribution < 1.29 is 9.47 Å².